The molecule has 0 radical (unpaired) electrons. The highest BCUT2D eigenvalue weighted by Crippen LogP contribution is 2.63. The van der Waals surface area contributed by atoms with Gasteiger partial charge in [-0.3, -0.25) is 4.99 Å². The molecular formula is C18H16N3O2S+. The Bertz CT molecular complexity index is 1070. The zero-order valence-corrected chi connectivity index (χ0v) is 13.7. The highest BCUT2D eigenvalue weighted by Gasteiger charge is 2.61. The molecule has 6 aliphatic rings. The summed E-state index contributed by atoms with van der Waals surface area (Å²) in [6.45, 7) is 0.919. The number of phenolic OH excluding ortho intramolecular Hbond substituents is 1. The number of benzene rings is 1. The number of aliphatic hydroxyl groups is 1. The van der Waals surface area contributed by atoms with E-state index in [1.165, 1.54) is 21.4 Å². The van der Waals surface area contributed by atoms with Crippen LogP contribution in [-0.2, 0) is 5.41 Å². The molecule has 5 heterocycles. The van der Waals surface area contributed by atoms with Crippen molar-refractivity contribution in [2.24, 2.45) is 4.99 Å². The maximum atomic E-state index is 10.9. The molecule has 1 fully saturated rings. The SMILES string of the molecule is Oc1c2c3c4c5c1N=CC=5CC[N+]=4C1C[C@@]34C[C@@H](N2)SC4=C[C@H]1O. The van der Waals surface area contributed by atoms with E-state index in [2.05, 4.69) is 21.0 Å². The molecule has 1 unspecified atom stereocenters. The van der Waals surface area contributed by atoms with Crippen LogP contribution >= 0.6 is 11.8 Å². The zero-order chi connectivity index (χ0) is 15.8. The summed E-state index contributed by atoms with van der Waals surface area (Å²) in [6.07, 6.45) is 6.53. The lowest BCUT2D eigenvalue weighted by molar-refractivity contribution is 0.116. The number of fused-ring (bicyclic) bond motifs is 3. The lowest BCUT2D eigenvalue weighted by Gasteiger charge is -2.44. The topological polar surface area (TPSA) is 67.9 Å². The normalized spacial score (nSPS) is 38.4. The second-order valence-electron chi connectivity index (χ2n) is 7.73. The third-order valence-electron chi connectivity index (χ3n) is 6.73. The van der Waals surface area contributed by atoms with E-state index in [1.807, 2.05) is 18.0 Å². The van der Waals surface area contributed by atoms with Crippen molar-refractivity contribution in [2.45, 2.75) is 42.2 Å². The van der Waals surface area contributed by atoms with Gasteiger partial charge in [-0.05, 0) is 23.0 Å². The molecule has 3 bridgehead atoms. The van der Waals surface area contributed by atoms with Gasteiger partial charge in [0.1, 0.15) is 18.3 Å². The van der Waals surface area contributed by atoms with E-state index in [4.69, 9.17) is 0 Å². The number of nitrogens with one attached hydrogen (secondary N) is 1. The summed E-state index contributed by atoms with van der Waals surface area (Å²) in [7, 11) is 0. The molecule has 0 saturated carbocycles. The van der Waals surface area contributed by atoms with Crippen LogP contribution in [0.1, 0.15) is 24.8 Å². The lowest BCUT2D eigenvalue weighted by atomic mass is 9.64. The van der Waals surface area contributed by atoms with Gasteiger partial charge < -0.3 is 15.5 Å². The molecule has 1 spiro atoms. The molecular weight excluding hydrogens is 322 g/mol. The van der Waals surface area contributed by atoms with Crippen LogP contribution in [0.5, 0.6) is 5.75 Å². The highest BCUT2D eigenvalue weighted by atomic mass is 32.2. The summed E-state index contributed by atoms with van der Waals surface area (Å²) in [6, 6.07) is 0.141. The van der Waals surface area contributed by atoms with E-state index in [0.717, 1.165) is 42.4 Å². The van der Waals surface area contributed by atoms with Crippen LogP contribution in [0.2, 0.25) is 0 Å². The van der Waals surface area contributed by atoms with Crippen LogP contribution in [0.4, 0.5) is 11.4 Å². The molecule has 1 saturated heterocycles. The van der Waals surface area contributed by atoms with Crippen molar-refractivity contribution in [3.05, 3.63) is 27.1 Å². The molecule has 5 nitrogen and oxygen atoms in total. The van der Waals surface area contributed by atoms with Crippen LogP contribution in [-0.4, -0.2) is 40.5 Å². The van der Waals surface area contributed by atoms with E-state index in [9.17, 15) is 10.2 Å². The molecule has 5 aliphatic heterocycles. The molecule has 7 rings (SSSR count). The number of nitrogens with zero attached hydrogens (tertiary/aromatic N) is 2. The average molecular weight is 338 g/mol. The van der Waals surface area contributed by atoms with Crippen LogP contribution in [0.15, 0.2) is 16.0 Å². The number of rotatable bonds is 0. The van der Waals surface area contributed by atoms with Crippen LogP contribution in [0, 0.1) is 0 Å². The number of phenols is 1. The Kier molecular flexibility index (Phi) is 1.87. The fourth-order valence-corrected chi connectivity index (χ4v) is 7.39. The smallest absolute Gasteiger partial charge is 0.216 e. The van der Waals surface area contributed by atoms with Crippen molar-refractivity contribution >= 4 is 34.9 Å². The molecule has 3 N–H and O–H groups in total. The second kappa shape index (κ2) is 3.58. The van der Waals surface area contributed by atoms with Gasteiger partial charge in [0.05, 0.1) is 21.8 Å². The quantitative estimate of drug-likeness (QED) is 0.471. The van der Waals surface area contributed by atoms with Gasteiger partial charge in [-0.25, -0.2) is 4.58 Å². The Hall–Kier alpha value is -1.79. The summed E-state index contributed by atoms with van der Waals surface area (Å²) >= 11 is 1.83. The first kappa shape index (κ1) is 12.6. The maximum Gasteiger partial charge on any atom is 0.216 e. The molecule has 0 aromatic heterocycles. The molecule has 6 heteroatoms. The van der Waals surface area contributed by atoms with E-state index >= 15 is 0 Å². The average Bonchev–Trinajstić information content (AvgIpc) is 3.11. The van der Waals surface area contributed by atoms with Crippen LogP contribution in [0.3, 0.4) is 0 Å². The summed E-state index contributed by atoms with van der Waals surface area (Å²) in [5.41, 5.74) is 4.08. The first-order valence-electron chi connectivity index (χ1n) is 8.61. The van der Waals surface area contributed by atoms with Crippen LogP contribution in [0.25, 0.3) is 5.57 Å². The van der Waals surface area contributed by atoms with Gasteiger partial charge in [-0.1, -0.05) is 0 Å². The number of aromatic hydroxyl groups is 1. The third kappa shape index (κ3) is 1.10. The van der Waals surface area contributed by atoms with E-state index in [0.29, 0.717) is 5.75 Å². The molecule has 0 amide bonds. The predicted octanol–water partition coefficient (Wildman–Crippen LogP) is 0.311. The standard InChI is InChI=1S/C18H15N3O2S/c22-9-3-10-18-4-8(9)21-2-1-7-6-19-14-12(7)16(21)13(18)15(17(14)23)20-11(5-18)24-10/h3,6,8-9,11,22H,1-2,4-5H2,(H,19,20,23)/p+1/t8?,9-,11+,18+/m1/s1. The van der Waals surface area contributed by atoms with Crippen molar-refractivity contribution < 1.29 is 10.2 Å². The van der Waals surface area contributed by atoms with Gasteiger partial charge in [0.25, 0.3) is 0 Å². The largest absolute Gasteiger partial charge is 0.504 e. The van der Waals surface area contributed by atoms with Gasteiger partial charge in [0.15, 0.2) is 11.8 Å². The van der Waals surface area contributed by atoms with Crippen LogP contribution < -0.4 is 20.5 Å². The number of hydrogen-bond acceptors (Lipinski definition) is 5. The van der Waals surface area contributed by atoms with Crippen molar-refractivity contribution in [1.29, 1.82) is 0 Å². The van der Waals surface area contributed by atoms with Crippen molar-refractivity contribution in [3.63, 3.8) is 0 Å². The van der Waals surface area contributed by atoms with Crippen molar-refractivity contribution in [1.82, 2.24) is 4.58 Å². The van der Waals surface area contributed by atoms with Crippen molar-refractivity contribution in [2.75, 3.05) is 11.9 Å². The van der Waals surface area contributed by atoms with E-state index in [-0.39, 0.29) is 16.8 Å². The Balaban J connectivity index is 1.80. The molecule has 1 aromatic carbocycles. The Morgan fingerprint density at radius 2 is 2.29 bits per heavy atom. The molecule has 24 heavy (non-hydrogen) atoms. The fourth-order valence-electron chi connectivity index (χ4n) is 5.83. The zero-order valence-electron chi connectivity index (χ0n) is 12.9. The number of hydrogen-bond donors (Lipinski definition) is 3. The van der Waals surface area contributed by atoms with Gasteiger partial charge in [0.2, 0.25) is 5.36 Å². The summed E-state index contributed by atoms with van der Waals surface area (Å²) in [5.74, 6) is 0.312. The lowest BCUT2D eigenvalue weighted by Crippen LogP contribution is -2.64. The fraction of sp³-hybridized carbons (Fsp3) is 0.444. The van der Waals surface area contributed by atoms with Gasteiger partial charge in [-0.15, -0.1) is 11.8 Å². The first-order chi connectivity index (χ1) is 11.7. The maximum absolute atomic E-state index is 10.9. The minimum atomic E-state index is -0.414. The summed E-state index contributed by atoms with van der Waals surface area (Å²) in [5, 5.41) is 27.9. The predicted molar refractivity (Wildman–Crippen MR) is 93.4 cm³/mol. The van der Waals surface area contributed by atoms with E-state index in [1.54, 1.807) is 0 Å². The minimum absolute atomic E-state index is 0.0246. The highest BCUT2D eigenvalue weighted by molar-refractivity contribution is 8.04. The number of aliphatic imine (C=N–C) groups is 1. The van der Waals surface area contributed by atoms with E-state index < -0.39 is 6.10 Å². The molecule has 4 atom stereocenters. The number of allylic oxidation sites excluding steroid dienone is 1. The molecule has 1 aliphatic carbocycles. The van der Waals surface area contributed by atoms with Gasteiger partial charge in [0, 0.05) is 24.5 Å². The van der Waals surface area contributed by atoms with Gasteiger partial charge >= 0.3 is 0 Å². The summed E-state index contributed by atoms with van der Waals surface area (Å²) < 4.78 is 2.39. The Morgan fingerprint density at radius 3 is 3.21 bits per heavy atom. The van der Waals surface area contributed by atoms with Gasteiger partial charge in [-0.2, -0.15) is 0 Å². The number of anilines is 1. The number of thioether (sulfide) groups is 1. The minimum Gasteiger partial charge on any atom is -0.504 e. The monoisotopic (exact) mass is 338 g/mol. The number of aliphatic hydroxyl groups excluding tert-OH is 1. The molecule has 1 aromatic rings. The first-order valence-corrected chi connectivity index (χ1v) is 9.49. The summed E-state index contributed by atoms with van der Waals surface area (Å²) in [4.78, 5) is 5.83. The second-order valence-corrected chi connectivity index (χ2v) is 8.97. The Labute approximate surface area is 142 Å². The van der Waals surface area contributed by atoms with Crippen molar-refractivity contribution in [3.8, 4) is 5.75 Å². The Morgan fingerprint density at radius 1 is 1.38 bits per heavy atom. The molecule has 120 valence electrons. The third-order valence-corrected chi connectivity index (χ3v) is 8.08.